The summed E-state index contributed by atoms with van der Waals surface area (Å²) in [6, 6.07) is 0.554. The molecule has 0 aromatic carbocycles. The van der Waals surface area contributed by atoms with Crippen molar-refractivity contribution in [3.8, 4) is 0 Å². The Morgan fingerprint density at radius 3 is 3.11 bits per heavy atom. The third kappa shape index (κ3) is 4.34. The molecule has 1 aromatic heterocycles. The van der Waals surface area contributed by atoms with E-state index in [1.807, 2.05) is 0 Å². The summed E-state index contributed by atoms with van der Waals surface area (Å²) in [5.41, 5.74) is 1.24. The van der Waals surface area contributed by atoms with Gasteiger partial charge in [-0.05, 0) is 38.6 Å². The lowest BCUT2D eigenvalue weighted by Gasteiger charge is -2.20. The number of hydrogen-bond donors (Lipinski definition) is 1. The van der Waals surface area contributed by atoms with Crippen molar-refractivity contribution in [2.24, 2.45) is 5.92 Å². The van der Waals surface area contributed by atoms with Gasteiger partial charge in [0.1, 0.15) is 0 Å². The van der Waals surface area contributed by atoms with E-state index in [9.17, 15) is 0 Å². The van der Waals surface area contributed by atoms with Gasteiger partial charge in [0.05, 0.1) is 10.7 Å². The van der Waals surface area contributed by atoms with Gasteiger partial charge in [-0.3, -0.25) is 0 Å². The molecule has 1 N–H and O–H groups in total. The lowest BCUT2D eigenvalue weighted by molar-refractivity contribution is 0.181. The first-order chi connectivity index (χ1) is 8.78. The predicted octanol–water partition coefficient (Wildman–Crippen LogP) is 2.79. The summed E-state index contributed by atoms with van der Waals surface area (Å²) < 4.78 is 5.48. The Balaban J connectivity index is 1.86. The molecule has 1 aliphatic rings. The third-order valence-electron chi connectivity index (χ3n) is 3.45. The number of rotatable bonds is 7. The van der Waals surface area contributed by atoms with Crippen LogP contribution in [0.5, 0.6) is 0 Å². The molecule has 102 valence electrons. The maximum absolute atomic E-state index is 5.48. The van der Waals surface area contributed by atoms with E-state index in [-0.39, 0.29) is 0 Å². The topological polar surface area (TPSA) is 34.2 Å². The number of aryl methyl sites for hydroxylation is 1. The van der Waals surface area contributed by atoms with Crippen LogP contribution in [0.2, 0.25) is 0 Å². The van der Waals surface area contributed by atoms with Crippen LogP contribution < -0.4 is 5.32 Å². The summed E-state index contributed by atoms with van der Waals surface area (Å²) in [5, 5.41) is 7.03. The van der Waals surface area contributed by atoms with Crippen molar-refractivity contribution in [2.45, 2.75) is 45.6 Å². The fraction of sp³-hybridized carbons (Fsp3) is 0.786. The van der Waals surface area contributed by atoms with Gasteiger partial charge in [0, 0.05) is 31.1 Å². The van der Waals surface area contributed by atoms with Crippen molar-refractivity contribution in [3.05, 3.63) is 16.1 Å². The molecule has 0 aliphatic carbocycles. The molecule has 1 saturated heterocycles. The molecule has 1 fully saturated rings. The van der Waals surface area contributed by atoms with Gasteiger partial charge in [0.2, 0.25) is 0 Å². The van der Waals surface area contributed by atoms with Crippen molar-refractivity contribution >= 4 is 11.3 Å². The maximum atomic E-state index is 5.48. The first kappa shape index (κ1) is 14.0. The Hall–Kier alpha value is -0.450. The Morgan fingerprint density at radius 1 is 1.61 bits per heavy atom. The normalized spacial score (nSPS) is 21.3. The van der Waals surface area contributed by atoms with Crippen molar-refractivity contribution < 1.29 is 4.74 Å². The van der Waals surface area contributed by atoms with E-state index in [0.717, 1.165) is 32.1 Å². The molecule has 1 aliphatic heterocycles. The fourth-order valence-corrected chi connectivity index (χ4v) is 3.14. The summed E-state index contributed by atoms with van der Waals surface area (Å²) in [6.45, 7) is 7.28. The second-order valence-electron chi connectivity index (χ2n) is 5.18. The van der Waals surface area contributed by atoms with Crippen LogP contribution in [0.25, 0.3) is 0 Å². The standard InChI is InChI=1S/C14H24N2OS/c1-3-5-15-13(7-12-4-6-17-9-12)8-14-10-18-11(2)16-14/h10,12-13,15H,3-9H2,1-2H3. The van der Waals surface area contributed by atoms with Crippen LogP contribution >= 0.6 is 11.3 Å². The second kappa shape index (κ2) is 7.22. The zero-order valence-electron chi connectivity index (χ0n) is 11.4. The molecule has 4 heteroatoms. The molecule has 2 rings (SSSR count). The van der Waals surface area contributed by atoms with E-state index >= 15 is 0 Å². The molecule has 2 heterocycles. The smallest absolute Gasteiger partial charge is 0.0897 e. The van der Waals surface area contributed by atoms with Gasteiger partial charge in [-0.15, -0.1) is 11.3 Å². The summed E-state index contributed by atoms with van der Waals surface area (Å²) in [5.74, 6) is 0.735. The molecule has 2 atom stereocenters. The minimum Gasteiger partial charge on any atom is -0.381 e. The molecule has 0 saturated carbocycles. The van der Waals surface area contributed by atoms with Gasteiger partial charge in [-0.2, -0.15) is 0 Å². The quantitative estimate of drug-likeness (QED) is 0.825. The number of ether oxygens (including phenoxy) is 1. The van der Waals surface area contributed by atoms with Crippen LogP contribution in [0.4, 0.5) is 0 Å². The average molecular weight is 268 g/mol. The summed E-state index contributed by atoms with van der Waals surface area (Å²) in [4.78, 5) is 4.58. The molecule has 0 bridgehead atoms. The van der Waals surface area contributed by atoms with Crippen LogP contribution in [0.1, 0.15) is 36.9 Å². The zero-order chi connectivity index (χ0) is 12.8. The fourth-order valence-electron chi connectivity index (χ4n) is 2.51. The molecular formula is C14H24N2OS. The van der Waals surface area contributed by atoms with Crippen molar-refractivity contribution in [1.82, 2.24) is 10.3 Å². The summed E-state index contributed by atoms with van der Waals surface area (Å²) >= 11 is 1.75. The van der Waals surface area contributed by atoms with Gasteiger partial charge in [0.25, 0.3) is 0 Å². The minimum atomic E-state index is 0.554. The van der Waals surface area contributed by atoms with Crippen molar-refractivity contribution in [3.63, 3.8) is 0 Å². The first-order valence-corrected chi connectivity index (χ1v) is 7.88. The Morgan fingerprint density at radius 2 is 2.50 bits per heavy atom. The predicted molar refractivity (Wildman–Crippen MR) is 76.2 cm³/mol. The number of thiazole rings is 1. The summed E-state index contributed by atoms with van der Waals surface area (Å²) in [7, 11) is 0. The van der Waals surface area contributed by atoms with Gasteiger partial charge in [-0.1, -0.05) is 6.92 Å². The van der Waals surface area contributed by atoms with Gasteiger partial charge < -0.3 is 10.1 Å². The van der Waals surface area contributed by atoms with E-state index < -0.39 is 0 Å². The highest BCUT2D eigenvalue weighted by Crippen LogP contribution is 2.20. The van der Waals surface area contributed by atoms with Crippen molar-refractivity contribution in [1.29, 1.82) is 0 Å². The number of hydrogen-bond acceptors (Lipinski definition) is 4. The minimum absolute atomic E-state index is 0.554. The molecule has 18 heavy (non-hydrogen) atoms. The highest BCUT2D eigenvalue weighted by Gasteiger charge is 2.21. The molecule has 0 spiro atoms. The maximum Gasteiger partial charge on any atom is 0.0897 e. The van der Waals surface area contributed by atoms with E-state index in [1.54, 1.807) is 11.3 Å². The number of nitrogens with one attached hydrogen (secondary N) is 1. The molecule has 2 unspecified atom stereocenters. The highest BCUT2D eigenvalue weighted by atomic mass is 32.1. The van der Waals surface area contributed by atoms with E-state index in [4.69, 9.17) is 4.74 Å². The van der Waals surface area contributed by atoms with E-state index in [2.05, 4.69) is 29.5 Å². The van der Waals surface area contributed by atoms with Crippen LogP contribution in [-0.2, 0) is 11.2 Å². The molecule has 0 amide bonds. The lowest BCUT2D eigenvalue weighted by atomic mass is 9.96. The second-order valence-corrected chi connectivity index (χ2v) is 6.24. The summed E-state index contributed by atoms with van der Waals surface area (Å²) in [6.07, 6.45) is 4.69. The van der Waals surface area contributed by atoms with Gasteiger partial charge in [0.15, 0.2) is 0 Å². The van der Waals surface area contributed by atoms with Crippen LogP contribution in [0.15, 0.2) is 5.38 Å². The lowest BCUT2D eigenvalue weighted by Crippen LogP contribution is -2.34. The zero-order valence-corrected chi connectivity index (χ0v) is 12.3. The largest absolute Gasteiger partial charge is 0.381 e. The van der Waals surface area contributed by atoms with Crippen LogP contribution in [0.3, 0.4) is 0 Å². The third-order valence-corrected chi connectivity index (χ3v) is 4.27. The van der Waals surface area contributed by atoms with Crippen LogP contribution in [0, 0.1) is 12.8 Å². The molecule has 1 aromatic rings. The Bertz CT molecular complexity index is 347. The van der Waals surface area contributed by atoms with Crippen molar-refractivity contribution in [2.75, 3.05) is 19.8 Å². The van der Waals surface area contributed by atoms with E-state index in [0.29, 0.717) is 6.04 Å². The Kier molecular flexibility index (Phi) is 5.60. The molecular weight excluding hydrogens is 244 g/mol. The average Bonchev–Trinajstić information content (AvgIpc) is 2.98. The van der Waals surface area contributed by atoms with Crippen LogP contribution in [-0.4, -0.2) is 30.8 Å². The van der Waals surface area contributed by atoms with E-state index in [1.165, 1.54) is 30.0 Å². The highest BCUT2D eigenvalue weighted by molar-refractivity contribution is 7.09. The number of aromatic nitrogens is 1. The Labute approximate surface area is 114 Å². The SMILES string of the molecule is CCCNC(Cc1csc(C)n1)CC1CCOC1. The molecule has 0 radical (unpaired) electrons. The molecule has 3 nitrogen and oxygen atoms in total. The van der Waals surface area contributed by atoms with Gasteiger partial charge in [-0.25, -0.2) is 4.98 Å². The first-order valence-electron chi connectivity index (χ1n) is 7.00. The number of nitrogens with zero attached hydrogens (tertiary/aromatic N) is 1. The van der Waals surface area contributed by atoms with Gasteiger partial charge >= 0.3 is 0 Å². The monoisotopic (exact) mass is 268 g/mol.